The largest absolute Gasteiger partial charge is 0.381 e. The molecule has 0 unspecified atom stereocenters. The quantitative estimate of drug-likeness (QED) is 0.782. The van der Waals surface area contributed by atoms with Gasteiger partial charge in [-0.2, -0.15) is 0 Å². The number of carbonyl (C=O) groups is 1. The van der Waals surface area contributed by atoms with Crippen LogP contribution in [0.25, 0.3) is 0 Å². The smallest absolute Gasteiger partial charge is 0.233 e. The van der Waals surface area contributed by atoms with Crippen molar-refractivity contribution in [1.29, 1.82) is 0 Å². The minimum Gasteiger partial charge on any atom is -0.381 e. The zero-order valence-electron chi connectivity index (χ0n) is 16.4. The molecular formula is C23H27ClN2O2. The van der Waals surface area contributed by atoms with E-state index in [0.29, 0.717) is 13.2 Å². The van der Waals surface area contributed by atoms with E-state index in [2.05, 4.69) is 34.9 Å². The molecule has 5 heteroatoms. The van der Waals surface area contributed by atoms with Gasteiger partial charge in [-0.1, -0.05) is 48.0 Å². The second-order valence-electron chi connectivity index (χ2n) is 7.77. The molecule has 2 fully saturated rings. The molecule has 2 saturated heterocycles. The van der Waals surface area contributed by atoms with E-state index in [-0.39, 0.29) is 5.91 Å². The zero-order valence-corrected chi connectivity index (χ0v) is 17.1. The van der Waals surface area contributed by atoms with Gasteiger partial charge >= 0.3 is 0 Å². The number of amides is 1. The number of halogens is 1. The van der Waals surface area contributed by atoms with E-state index >= 15 is 0 Å². The number of anilines is 1. The highest BCUT2D eigenvalue weighted by atomic mass is 35.5. The van der Waals surface area contributed by atoms with Crippen LogP contribution in [0.2, 0.25) is 5.02 Å². The molecule has 0 atom stereocenters. The lowest BCUT2D eigenvalue weighted by Crippen LogP contribution is -2.56. The number of piperazine rings is 1. The summed E-state index contributed by atoms with van der Waals surface area (Å²) in [5, 5.41) is 0.754. The Morgan fingerprint density at radius 1 is 1.00 bits per heavy atom. The van der Waals surface area contributed by atoms with E-state index in [1.165, 1.54) is 11.3 Å². The van der Waals surface area contributed by atoms with Crippen LogP contribution in [0.4, 0.5) is 5.69 Å². The summed E-state index contributed by atoms with van der Waals surface area (Å²) in [5.74, 6) is 0.254. The highest BCUT2D eigenvalue weighted by molar-refractivity contribution is 6.30. The Morgan fingerprint density at radius 3 is 2.36 bits per heavy atom. The Bertz CT molecular complexity index is 826. The van der Waals surface area contributed by atoms with Crippen molar-refractivity contribution >= 4 is 23.2 Å². The predicted octanol–water partition coefficient (Wildman–Crippen LogP) is 4.05. The van der Waals surface area contributed by atoms with Gasteiger partial charge in [-0.05, 0) is 43.0 Å². The molecule has 28 heavy (non-hydrogen) atoms. The number of carbonyl (C=O) groups excluding carboxylic acids is 1. The molecule has 0 radical (unpaired) electrons. The van der Waals surface area contributed by atoms with Crippen LogP contribution in [-0.4, -0.2) is 50.2 Å². The van der Waals surface area contributed by atoms with Gasteiger partial charge in [0.1, 0.15) is 0 Å². The Labute approximate surface area is 172 Å². The van der Waals surface area contributed by atoms with Gasteiger partial charge in [-0.15, -0.1) is 0 Å². The van der Waals surface area contributed by atoms with Gasteiger partial charge in [0, 0.05) is 50.1 Å². The third-order valence-electron chi connectivity index (χ3n) is 6.16. The molecule has 2 aliphatic heterocycles. The molecule has 0 bridgehead atoms. The van der Waals surface area contributed by atoms with Gasteiger partial charge in [0.05, 0.1) is 5.41 Å². The van der Waals surface area contributed by atoms with E-state index < -0.39 is 5.41 Å². The van der Waals surface area contributed by atoms with Crippen molar-refractivity contribution in [1.82, 2.24) is 4.90 Å². The molecule has 148 valence electrons. The number of hydrogen-bond acceptors (Lipinski definition) is 3. The fourth-order valence-electron chi connectivity index (χ4n) is 4.48. The lowest BCUT2D eigenvalue weighted by Gasteiger charge is -2.43. The number of rotatable bonds is 3. The Balaban J connectivity index is 1.51. The fraction of sp³-hybridized carbons (Fsp3) is 0.435. The molecule has 1 amide bonds. The molecule has 2 aromatic carbocycles. The van der Waals surface area contributed by atoms with E-state index in [9.17, 15) is 4.79 Å². The average Bonchev–Trinajstić information content (AvgIpc) is 2.76. The summed E-state index contributed by atoms with van der Waals surface area (Å²) in [6, 6.07) is 16.3. The number of benzene rings is 2. The molecule has 0 aromatic heterocycles. The number of aryl methyl sites for hydroxylation is 1. The lowest BCUT2D eigenvalue weighted by atomic mass is 9.73. The second-order valence-corrected chi connectivity index (χ2v) is 8.21. The molecule has 2 heterocycles. The maximum absolute atomic E-state index is 13.7. The zero-order chi connectivity index (χ0) is 19.6. The van der Waals surface area contributed by atoms with Gasteiger partial charge < -0.3 is 14.5 Å². The summed E-state index contributed by atoms with van der Waals surface area (Å²) in [4.78, 5) is 18.1. The Morgan fingerprint density at radius 2 is 1.68 bits per heavy atom. The fourth-order valence-corrected chi connectivity index (χ4v) is 4.65. The van der Waals surface area contributed by atoms with E-state index in [4.69, 9.17) is 16.3 Å². The van der Waals surface area contributed by atoms with Crippen LogP contribution in [-0.2, 0) is 14.9 Å². The topological polar surface area (TPSA) is 32.8 Å². The minimum absolute atomic E-state index is 0.254. The van der Waals surface area contributed by atoms with Crippen LogP contribution in [0.15, 0.2) is 48.5 Å². The van der Waals surface area contributed by atoms with Crippen LogP contribution >= 0.6 is 11.6 Å². The maximum Gasteiger partial charge on any atom is 0.233 e. The Hall–Kier alpha value is -2.04. The summed E-state index contributed by atoms with van der Waals surface area (Å²) >= 11 is 6.20. The highest BCUT2D eigenvalue weighted by Crippen LogP contribution is 2.37. The van der Waals surface area contributed by atoms with Crippen LogP contribution in [0.3, 0.4) is 0 Å². The normalized spacial score (nSPS) is 19.5. The third-order valence-corrected chi connectivity index (χ3v) is 6.40. The number of ether oxygens (including phenoxy) is 1. The summed E-state index contributed by atoms with van der Waals surface area (Å²) < 4.78 is 5.59. The second kappa shape index (κ2) is 8.14. The van der Waals surface area contributed by atoms with Crippen LogP contribution in [0.5, 0.6) is 0 Å². The third kappa shape index (κ3) is 3.63. The number of nitrogens with zero attached hydrogens (tertiary/aromatic N) is 2. The molecule has 0 spiro atoms. The lowest BCUT2D eigenvalue weighted by molar-refractivity contribution is -0.141. The SMILES string of the molecule is Cc1ccc(Cl)cc1N1CCN(C(=O)C2(c3ccccc3)CCOCC2)CC1. The van der Waals surface area contributed by atoms with Crippen molar-refractivity contribution in [3.63, 3.8) is 0 Å². The van der Waals surface area contributed by atoms with E-state index in [1.54, 1.807) is 0 Å². The summed E-state index contributed by atoms with van der Waals surface area (Å²) in [5.41, 5.74) is 3.06. The van der Waals surface area contributed by atoms with Crippen molar-refractivity contribution in [2.24, 2.45) is 0 Å². The number of hydrogen-bond donors (Lipinski definition) is 0. The molecule has 0 saturated carbocycles. The Kier molecular flexibility index (Phi) is 5.61. The minimum atomic E-state index is -0.451. The van der Waals surface area contributed by atoms with Gasteiger partial charge in [0.15, 0.2) is 0 Å². The first-order valence-electron chi connectivity index (χ1n) is 10.0. The van der Waals surface area contributed by atoms with Gasteiger partial charge in [0.25, 0.3) is 0 Å². The summed E-state index contributed by atoms with van der Waals surface area (Å²) in [6.07, 6.45) is 1.51. The van der Waals surface area contributed by atoms with Crippen LogP contribution in [0.1, 0.15) is 24.0 Å². The first kappa shape index (κ1) is 19.3. The standard InChI is InChI=1S/C23H27ClN2O2/c1-18-7-8-20(24)17-21(18)25-11-13-26(14-12-25)22(27)23(9-15-28-16-10-23)19-5-3-2-4-6-19/h2-8,17H,9-16H2,1H3. The molecule has 4 rings (SSSR count). The molecule has 2 aliphatic rings. The van der Waals surface area contributed by atoms with Gasteiger partial charge in [0.2, 0.25) is 5.91 Å². The van der Waals surface area contributed by atoms with Crippen molar-refractivity contribution in [2.45, 2.75) is 25.2 Å². The molecular weight excluding hydrogens is 372 g/mol. The van der Waals surface area contributed by atoms with Crippen molar-refractivity contribution in [2.75, 3.05) is 44.3 Å². The van der Waals surface area contributed by atoms with E-state index in [0.717, 1.165) is 49.6 Å². The first-order valence-corrected chi connectivity index (χ1v) is 10.4. The summed E-state index contributed by atoms with van der Waals surface area (Å²) in [6.45, 7) is 6.52. The van der Waals surface area contributed by atoms with Crippen molar-refractivity contribution in [3.05, 3.63) is 64.7 Å². The van der Waals surface area contributed by atoms with Gasteiger partial charge in [-0.25, -0.2) is 0 Å². The first-order chi connectivity index (χ1) is 13.6. The maximum atomic E-state index is 13.7. The van der Waals surface area contributed by atoms with Crippen LogP contribution in [0, 0.1) is 6.92 Å². The monoisotopic (exact) mass is 398 g/mol. The molecule has 0 N–H and O–H groups in total. The van der Waals surface area contributed by atoms with Crippen molar-refractivity contribution in [3.8, 4) is 0 Å². The van der Waals surface area contributed by atoms with E-state index in [1.807, 2.05) is 30.3 Å². The summed E-state index contributed by atoms with van der Waals surface area (Å²) in [7, 11) is 0. The average molecular weight is 399 g/mol. The van der Waals surface area contributed by atoms with Crippen molar-refractivity contribution < 1.29 is 9.53 Å². The molecule has 2 aromatic rings. The van der Waals surface area contributed by atoms with Crippen LogP contribution < -0.4 is 4.90 Å². The van der Waals surface area contributed by atoms with Gasteiger partial charge in [-0.3, -0.25) is 4.79 Å². The molecule has 0 aliphatic carbocycles. The highest BCUT2D eigenvalue weighted by Gasteiger charge is 2.44. The predicted molar refractivity (Wildman–Crippen MR) is 113 cm³/mol. The molecule has 4 nitrogen and oxygen atoms in total.